The maximum Gasteiger partial charge on any atom is 0.259 e. The van der Waals surface area contributed by atoms with Gasteiger partial charge in [-0.15, -0.1) is 0 Å². The number of nitrogens with one attached hydrogen (secondary N) is 1. The third kappa shape index (κ3) is 3.35. The van der Waals surface area contributed by atoms with Gasteiger partial charge in [-0.05, 0) is 25.1 Å². The molecular weight excluding hydrogens is 344 g/mol. The maximum atomic E-state index is 13.0. The average molecular weight is 360 g/mol. The minimum absolute atomic E-state index is 0.250. The first-order chi connectivity index (χ1) is 13.1. The topological polar surface area (TPSA) is 88.3 Å². The normalized spacial score (nSPS) is 14.5. The molecule has 0 radical (unpaired) electrons. The number of nitrogens with zero attached hydrogens (tertiary/aromatic N) is 3. The molecule has 1 aliphatic heterocycles. The Hall–Kier alpha value is -3.74. The molecule has 1 aromatic carbocycles. The lowest BCUT2D eigenvalue weighted by molar-refractivity contribution is -0.114. The first-order valence-electron chi connectivity index (χ1n) is 8.38. The second-order valence-electron chi connectivity index (χ2n) is 6.13. The van der Waals surface area contributed by atoms with Crippen LogP contribution in [-0.4, -0.2) is 22.0 Å². The van der Waals surface area contributed by atoms with Crippen molar-refractivity contribution in [2.24, 2.45) is 0 Å². The van der Waals surface area contributed by atoms with Crippen molar-refractivity contribution in [2.75, 3.05) is 10.2 Å². The number of pyridine rings is 1. The number of hydrogen-bond acceptors (Lipinski definition) is 5. The van der Waals surface area contributed by atoms with E-state index in [1.165, 1.54) is 6.08 Å². The van der Waals surface area contributed by atoms with Crippen LogP contribution >= 0.6 is 0 Å². The second kappa shape index (κ2) is 6.87. The number of fused-ring (bicyclic) bond motifs is 1. The Morgan fingerprint density at radius 2 is 2.00 bits per heavy atom. The molecule has 0 saturated carbocycles. The van der Waals surface area contributed by atoms with Crippen LogP contribution in [0.4, 0.5) is 11.4 Å². The van der Waals surface area contributed by atoms with E-state index in [0.29, 0.717) is 22.6 Å². The van der Waals surface area contributed by atoms with Gasteiger partial charge in [0.1, 0.15) is 0 Å². The number of aromatic nitrogens is 2. The van der Waals surface area contributed by atoms with E-state index in [0.717, 1.165) is 11.4 Å². The van der Waals surface area contributed by atoms with Gasteiger partial charge in [0.25, 0.3) is 5.91 Å². The molecule has 7 nitrogen and oxygen atoms in total. The lowest BCUT2D eigenvalue weighted by Crippen LogP contribution is -2.25. The van der Waals surface area contributed by atoms with Gasteiger partial charge < -0.3 is 14.7 Å². The number of anilines is 2. The molecule has 2 aromatic heterocycles. The molecule has 1 N–H and O–H groups in total. The largest absolute Gasteiger partial charge is 0.359 e. The molecular formula is C20H16N4O3. The molecule has 7 heteroatoms. The number of carbonyl (C=O) groups is 2. The molecule has 4 rings (SSSR count). The highest BCUT2D eigenvalue weighted by atomic mass is 16.5. The Balaban J connectivity index is 1.63. The van der Waals surface area contributed by atoms with Crippen molar-refractivity contribution >= 4 is 28.8 Å². The minimum atomic E-state index is -0.378. The van der Waals surface area contributed by atoms with E-state index in [4.69, 9.17) is 4.52 Å². The highest BCUT2D eigenvalue weighted by Gasteiger charge is 2.33. The van der Waals surface area contributed by atoms with Gasteiger partial charge in [0.15, 0.2) is 5.76 Å². The molecule has 3 heterocycles. The molecule has 0 atom stereocenters. The minimum Gasteiger partial charge on any atom is -0.359 e. The van der Waals surface area contributed by atoms with Crippen molar-refractivity contribution in [3.8, 4) is 0 Å². The monoisotopic (exact) mass is 360 g/mol. The zero-order valence-corrected chi connectivity index (χ0v) is 14.5. The standard InChI is InChI=1S/C20H16N4O3/c1-13-10-15(27-23-13)12-24-18-5-3-2-4-16(18)17(20(24)26)11-19(25)22-14-6-8-21-9-7-14/h2-11H,12H2,1H3,(H,21,22,25)/b17-11+. The Morgan fingerprint density at radius 3 is 2.74 bits per heavy atom. The molecule has 27 heavy (non-hydrogen) atoms. The summed E-state index contributed by atoms with van der Waals surface area (Å²) in [5.41, 5.74) is 3.15. The fourth-order valence-electron chi connectivity index (χ4n) is 2.99. The van der Waals surface area contributed by atoms with Gasteiger partial charge in [0, 0.05) is 35.8 Å². The van der Waals surface area contributed by atoms with Gasteiger partial charge in [-0.2, -0.15) is 0 Å². The third-order valence-electron chi connectivity index (χ3n) is 4.17. The summed E-state index contributed by atoms with van der Waals surface area (Å²) in [6.07, 6.45) is 4.49. The second-order valence-corrected chi connectivity index (χ2v) is 6.13. The van der Waals surface area contributed by atoms with Gasteiger partial charge in [-0.3, -0.25) is 14.6 Å². The molecule has 134 valence electrons. The predicted molar refractivity (Wildman–Crippen MR) is 99.7 cm³/mol. The first kappa shape index (κ1) is 16.7. The van der Waals surface area contributed by atoms with Crippen molar-refractivity contribution in [1.82, 2.24) is 10.1 Å². The van der Waals surface area contributed by atoms with Crippen molar-refractivity contribution in [3.63, 3.8) is 0 Å². The van der Waals surface area contributed by atoms with Gasteiger partial charge in [0.05, 0.1) is 23.5 Å². The molecule has 2 amide bonds. The van der Waals surface area contributed by atoms with Crippen molar-refractivity contribution < 1.29 is 14.1 Å². The highest BCUT2D eigenvalue weighted by Crippen LogP contribution is 2.37. The van der Waals surface area contributed by atoms with Crippen LogP contribution in [-0.2, 0) is 16.1 Å². The zero-order valence-electron chi connectivity index (χ0n) is 14.5. The van der Waals surface area contributed by atoms with Gasteiger partial charge in [-0.25, -0.2) is 0 Å². The SMILES string of the molecule is Cc1cc(CN2C(=O)/C(=C/C(=O)Nc3ccncc3)c3ccccc32)on1. The number of para-hydroxylation sites is 1. The number of benzene rings is 1. The molecule has 0 bridgehead atoms. The van der Waals surface area contributed by atoms with Crippen molar-refractivity contribution in [1.29, 1.82) is 0 Å². The number of aryl methyl sites for hydroxylation is 1. The summed E-state index contributed by atoms with van der Waals surface area (Å²) in [5.74, 6) is -0.0509. The Kier molecular flexibility index (Phi) is 4.25. The molecule has 0 fully saturated rings. The van der Waals surface area contributed by atoms with Gasteiger partial charge >= 0.3 is 0 Å². The lowest BCUT2D eigenvalue weighted by atomic mass is 10.1. The zero-order chi connectivity index (χ0) is 18.8. The fourth-order valence-corrected chi connectivity index (χ4v) is 2.99. The lowest BCUT2D eigenvalue weighted by Gasteiger charge is -2.14. The molecule has 3 aromatic rings. The van der Waals surface area contributed by atoms with Crippen LogP contribution in [0.15, 0.2) is 65.5 Å². The van der Waals surface area contributed by atoms with Crippen LogP contribution in [0.5, 0.6) is 0 Å². The fraction of sp³-hybridized carbons (Fsp3) is 0.100. The average Bonchev–Trinajstić information content (AvgIpc) is 3.19. The van der Waals surface area contributed by atoms with Gasteiger partial charge in [0.2, 0.25) is 5.91 Å². The summed E-state index contributed by atoms with van der Waals surface area (Å²) in [6, 6.07) is 12.5. The first-order valence-corrected chi connectivity index (χ1v) is 8.38. The van der Waals surface area contributed by atoms with Crippen LogP contribution in [0, 0.1) is 6.92 Å². The summed E-state index contributed by atoms with van der Waals surface area (Å²) in [7, 11) is 0. The summed E-state index contributed by atoms with van der Waals surface area (Å²) >= 11 is 0. The van der Waals surface area contributed by atoms with Crippen LogP contribution in [0.3, 0.4) is 0 Å². The number of amides is 2. The van der Waals surface area contributed by atoms with Crippen molar-refractivity contribution in [3.05, 3.63) is 78.0 Å². The highest BCUT2D eigenvalue weighted by molar-refractivity contribution is 6.35. The van der Waals surface area contributed by atoms with Crippen molar-refractivity contribution in [2.45, 2.75) is 13.5 Å². The summed E-state index contributed by atoms with van der Waals surface area (Å²) < 4.78 is 5.24. The predicted octanol–water partition coefficient (Wildman–Crippen LogP) is 2.95. The van der Waals surface area contributed by atoms with E-state index < -0.39 is 0 Å². The number of carbonyl (C=O) groups excluding carboxylic acids is 2. The Labute approximate surface area is 155 Å². The summed E-state index contributed by atoms with van der Waals surface area (Å²) in [6.45, 7) is 2.07. The van der Waals surface area contributed by atoms with E-state index in [1.807, 2.05) is 31.2 Å². The van der Waals surface area contributed by atoms with Crippen LogP contribution in [0.1, 0.15) is 17.0 Å². The maximum absolute atomic E-state index is 13.0. The van der Waals surface area contributed by atoms with Gasteiger partial charge in [-0.1, -0.05) is 23.4 Å². The summed E-state index contributed by atoms with van der Waals surface area (Å²) in [5, 5.41) is 6.59. The Morgan fingerprint density at radius 1 is 1.22 bits per heavy atom. The quantitative estimate of drug-likeness (QED) is 0.723. The Bertz CT molecular complexity index is 1040. The molecule has 0 spiro atoms. The smallest absolute Gasteiger partial charge is 0.259 e. The van der Waals surface area contributed by atoms with Crippen LogP contribution in [0.25, 0.3) is 5.57 Å². The van der Waals surface area contributed by atoms with E-state index in [2.05, 4.69) is 15.5 Å². The van der Waals surface area contributed by atoms with Crippen LogP contribution < -0.4 is 10.2 Å². The molecule has 1 aliphatic rings. The summed E-state index contributed by atoms with van der Waals surface area (Å²) in [4.78, 5) is 30.8. The third-order valence-corrected chi connectivity index (χ3v) is 4.17. The molecule has 0 saturated heterocycles. The van der Waals surface area contributed by atoms with E-state index in [1.54, 1.807) is 35.5 Å². The van der Waals surface area contributed by atoms with E-state index >= 15 is 0 Å². The van der Waals surface area contributed by atoms with Crippen LogP contribution in [0.2, 0.25) is 0 Å². The molecule has 0 aliphatic carbocycles. The molecule has 0 unspecified atom stereocenters. The number of rotatable bonds is 4. The van der Waals surface area contributed by atoms with E-state index in [9.17, 15) is 9.59 Å². The van der Waals surface area contributed by atoms with E-state index in [-0.39, 0.29) is 18.4 Å². The number of hydrogen-bond donors (Lipinski definition) is 1.